The minimum absolute atomic E-state index is 0.0426. The molecule has 0 aromatic heterocycles. The summed E-state index contributed by atoms with van der Waals surface area (Å²) in [6, 6.07) is 8.58. The lowest BCUT2D eigenvalue weighted by molar-refractivity contribution is 0.202. The zero-order valence-electron chi connectivity index (χ0n) is 19.8. The molecule has 2 rings (SSSR count). The van der Waals surface area contributed by atoms with Crippen LogP contribution in [0.3, 0.4) is 0 Å². The van der Waals surface area contributed by atoms with E-state index in [0.29, 0.717) is 6.61 Å². The van der Waals surface area contributed by atoms with E-state index < -0.39 is 0 Å². The molecule has 2 nitrogen and oxygen atoms in total. The summed E-state index contributed by atoms with van der Waals surface area (Å²) < 4.78 is 11.3. The number of epoxide rings is 1. The third kappa shape index (κ3) is 12.4. The number of ether oxygens (including phenoxy) is 2. The van der Waals surface area contributed by atoms with Crippen molar-refractivity contribution in [2.45, 2.75) is 116 Å². The van der Waals surface area contributed by atoms with Crippen molar-refractivity contribution < 1.29 is 9.47 Å². The van der Waals surface area contributed by atoms with E-state index >= 15 is 0 Å². The second kappa shape index (κ2) is 15.5. The molecule has 0 radical (unpaired) electrons. The molecule has 0 bridgehead atoms. The van der Waals surface area contributed by atoms with Crippen molar-refractivity contribution in [3.8, 4) is 5.75 Å². The molecule has 1 unspecified atom stereocenters. The number of aryl methyl sites for hydroxylation is 1. The highest BCUT2D eigenvalue weighted by atomic mass is 16.6. The van der Waals surface area contributed by atoms with Gasteiger partial charge in [0.15, 0.2) is 0 Å². The quantitative estimate of drug-likeness (QED) is 0.129. The van der Waals surface area contributed by atoms with Crippen LogP contribution in [0.4, 0.5) is 0 Å². The van der Waals surface area contributed by atoms with E-state index in [1.807, 2.05) is 0 Å². The molecular weight excluding hydrogens is 368 g/mol. The summed E-state index contributed by atoms with van der Waals surface area (Å²) in [5, 5.41) is 0. The SMILES string of the molecule is CCCCCCCCC/C=C/CCCCCCCc1cccc(OCC2(C)CO2)c1. The molecule has 170 valence electrons. The molecule has 1 atom stereocenters. The fourth-order valence-electron chi connectivity index (χ4n) is 3.81. The van der Waals surface area contributed by atoms with Crippen LogP contribution in [0.2, 0.25) is 0 Å². The highest BCUT2D eigenvalue weighted by molar-refractivity contribution is 5.28. The summed E-state index contributed by atoms with van der Waals surface area (Å²) in [6.45, 7) is 5.86. The molecule has 0 saturated carbocycles. The van der Waals surface area contributed by atoms with E-state index in [-0.39, 0.29) is 5.60 Å². The third-order valence-corrected chi connectivity index (χ3v) is 6.06. The number of unbranched alkanes of at least 4 members (excludes halogenated alkanes) is 12. The van der Waals surface area contributed by atoms with E-state index in [9.17, 15) is 0 Å². The molecule has 1 aliphatic rings. The average molecular weight is 415 g/mol. The molecule has 0 spiro atoms. The molecule has 1 heterocycles. The monoisotopic (exact) mass is 414 g/mol. The Morgan fingerprint density at radius 2 is 1.47 bits per heavy atom. The van der Waals surface area contributed by atoms with Crippen molar-refractivity contribution in [2.24, 2.45) is 0 Å². The van der Waals surface area contributed by atoms with E-state index in [1.54, 1.807) is 0 Å². The Kier molecular flexibility index (Phi) is 12.9. The van der Waals surface area contributed by atoms with Gasteiger partial charge >= 0.3 is 0 Å². The summed E-state index contributed by atoms with van der Waals surface area (Å²) in [7, 11) is 0. The molecule has 0 N–H and O–H groups in total. The van der Waals surface area contributed by atoms with Crippen LogP contribution in [-0.2, 0) is 11.2 Å². The van der Waals surface area contributed by atoms with Crippen molar-refractivity contribution in [2.75, 3.05) is 13.2 Å². The van der Waals surface area contributed by atoms with Crippen LogP contribution < -0.4 is 4.74 Å². The van der Waals surface area contributed by atoms with Gasteiger partial charge in [-0.1, -0.05) is 89.0 Å². The number of benzene rings is 1. The average Bonchev–Trinajstić information content (AvgIpc) is 3.50. The first kappa shape index (κ1) is 25.0. The molecule has 1 aromatic carbocycles. The van der Waals surface area contributed by atoms with Gasteiger partial charge < -0.3 is 9.47 Å². The third-order valence-electron chi connectivity index (χ3n) is 6.06. The first-order chi connectivity index (χ1) is 14.7. The first-order valence-corrected chi connectivity index (χ1v) is 12.7. The van der Waals surface area contributed by atoms with Crippen molar-refractivity contribution in [3.05, 3.63) is 42.0 Å². The highest BCUT2D eigenvalue weighted by Crippen LogP contribution is 2.27. The van der Waals surface area contributed by atoms with Gasteiger partial charge in [-0.05, 0) is 63.1 Å². The van der Waals surface area contributed by atoms with Crippen LogP contribution in [0, 0.1) is 0 Å². The fourth-order valence-corrected chi connectivity index (χ4v) is 3.81. The van der Waals surface area contributed by atoms with E-state index in [2.05, 4.69) is 50.3 Å². The molecular formula is C28H46O2. The van der Waals surface area contributed by atoms with Crippen LogP contribution in [0.1, 0.15) is 109 Å². The largest absolute Gasteiger partial charge is 0.490 e. The zero-order valence-corrected chi connectivity index (χ0v) is 19.8. The van der Waals surface area contributed by atoms with Crippen molar-refractivity contribution in [1.29, 1.82) is 0 Å². The lowest BCUT2D eigenvalue weighted by Gasteiger charge is -2.10. The van der Waals surface area contributed by atoms with Gasteiger partial charge in [0.25, 0.3) is 0 Å². The minimum Gasteiger partial charge on any atom is -0.490 e. The molecule has 1 saturated heterocycles. The molecule has 30 heavy (non-hydrogen) atoms. The van der Waals surface area contributed by atoms with Gasteiger partial charge in [-0.3, -0.25) is 0 Å². The maximum Gasteiger partial charge on any atom is 0.123 e. The van der Waals surface area contributed by atoms with Crippen LogP contribution in [0.25, 0.3) is 0 Å². The van der Waals surface area contributed by atoms with Gasteiger partial charge in [0.1, 0.15) is 18.0 Å². The van der Waals surface area contributed by atoms with Gasteiger partial charge in [0.2, 0.25) is 0 Å². The maximum atomic E-state index is 5.88. The first-order valence-electron chi connectivity index (χ1n) is 12.7. The summed E-state index contributed by atoms with van der Waals surface area (Å²) in [4.78, 5) is 0. The Morgan fingerprint density at radius 3 is 2.10 bits per heavy atom. The van der Waals surface area contributed by atoms with E-state index in [0.717, 1.165) is 18.8 Å². The van der Waals surface area contributed by atoms with Crippen molar-refractivity contribution >= 4 is 0 Å². The lowest BCUT2D eigenvalue weighted by Crippen LogP contribution is -2.16. The van der Waals surface area contributed by atoms with Gasteiger partial charge in [-0.25, -0.2) is 0 Å². The Labute approximate surface area is 186 Å². The number of hydrogen-bond donors (Lipinski definition) is 0. The minimum atomic E-state index is -0.0426. The van der Waals surface area contributed by atoms with Gasteiger partial charge in [-0.2, -0.15) is 0 Å². The Hall–Kier alpha value is -1.28. The Balaban J connectivity index is 1.38. The van der Waals surface area contributed by atoms with Crippen LogP contribution >= 0.6 is 0 Å². The fraction of sp³-hybridized carbons (Fsp3) is 0.714. The maximum absolute atomic E-state index is 5.88. The number of allylic oxidation sites excluding steroid dienone is 2. The highest BCUT2D eigenvalue weighted by Gasteiger charge is 2.40. The molecule has 2 heteroatoms. The van der Waals surface area contributed by atoms with Crippen molar-refractivity contribution in [1.82, 2.24) is 0 Å². The summed E-state index contributed by atoms with van der Waals surface area (Å²) in [6.07, 6.45) is 25.1. The molecule has 1 fully saturated rings. The van der Waals surface area contributed by atoms with Crippen LogP contribution in [0.5, 0.6) is 5.75 Å². The topological polar surface area (TPSA) is 21.8 Å². The summed E-state index contributed by atoms with van der Waals surface area (Å²) in [5.74, 6) is 0.979. The van der Waals surface area contributed by atoms with E-state index in [1.165, 1.54) is 95.5 Å². The van der Waals surface area contributed by atoms with Gasteiger partial charge in [0.05, 0.1) is 6.61 Å². The normalized spacial score (nSPS) is 18.2. The molecule has 0 amide bonds. The lowest BCUT2D eigenvalue weighted by atomic mass is 10.0. The van der Waals surface area contributed by atoms with Gasteiger partial charge in [0, 0.05) is 0 Å². The number of hydrogen-bond acceptors (Lipinski definition) is 2. The smallest absolute Gasteiger partial charge is 0.123 e. The predicted octanol–water partition coefficient (Wildman–Crippen LogP) is 8.43. The predicted molar refractivity (Wildman–Crippen MR) is 129 cm³/mol. The summed E-state index contributed by atoms with van der Waals surface area (Å²) >= 11 is 0. The van der Waals surface area contributed by atoms with Crippen molar-refractivity contribution in [3.63, 3.8) is 0 Å². The van der Waals surface area contributed by atoms with Crippen LogP contribution in [-0.4, -0.2) is 18.8 Å². The molecule has 1 aromatic rings. The second-order valence-corrected chi connectivity index (χ2v) is 9.36. The molecule has 1 aliphatic heterocycles. The van der Waals surface area contributed by atoms with Crippen LogP contribution in [0.15, 0.2) is 36.4 Å². The second-order valence-electron chi connectivity index (χ2n) is 9.36. The van der Waals surface area contributed by atoms with E-state index in [4.69, 9.17) is 9.47 Å². The Bertz CT molecular complexity index is 574. The Morgan fingerprint density at radius 1 is 0.867 bits per heavy atom. The standard InChI is InChI=1S/C28H46O2/c1-3-4-5-6-7-8-9-10-11-12-13-14-15-16-17-18-20-26-21-19-22-27(23-26)29-24-28(2)25-30-28/h11-12,19,21-23H,3-10,13-18,20,24-25H2,1-2H3/b12-11+. The number of rotatable bonds is 19. The summed E-state index contributed by atoms with van der Waals surface area (Å²) in [5.41, 5.74) is 1.35. The zero-order chi connectivity index (χ0) is 21.3. The molecule has 0 aliphatic carbocycles. The van der Waals surface area contributed by atoms with Gasteiger partial charge in [-0.15, -0.1) is 0 Å².